The van der Waals surface area contributed by atoms with Crippen molar-refractivity contribution in [2.75, 3.05) is 10.0 Å². The number of sulfonamides is 1. The molecule has 0 aliphatic heterocycles. The minimum absolute atomic E-state index is 0.184. The number of hydrogen-bond acceptors (Lipinski definition) is 6. The number of anilines is 3. The van der Waals surface area contributed by atoms with Gasteiger partial charge in [0, 0.05) is 11.9 Å². The Labute approximate surface area is 231 Å². The van der Waals surface area contributed by atoms with Gasteiger partial charge in [0.1, 0.15) is 17.7 Å². The third-order valence-corrected chi connectivity index (χ3v) is 7.95. The molecule has 11 heteroatoms. The van der Waals surface area contributed by atoms with Gasteiger partial charge in [-0.05, 0) is 67.8 Å². The van der Waals surface area contributed by atoms with Crippen LogP contribution in [0.25, 0.3) is 5.52 Å². The van der Waals surface area contributed by atoms with E-state index >= 15 is 0 Å². The lowest BCUT2D eigenvalue weighted by atomic mass is 10.1. The lowest BCUT2D eigenvalue weighted by molar-refractivity contribution is 0.0939. The summed E-state index contributed by atoms with van der Waals surface area (Å²) >= 11 is 0. The number of fused-ring (bicyclic) bond motifs is 1. The third kappa shape index (κ3) is 5.50. The summed E-state index contributed by atoms with van der Waals surface area (Å²) in [6.07, 6.45) is 3.02. The van der Waals surface area contributed by atoms with E-state index in [2.05, 4.69) is 25.4 Å². The van der Waals surface area contributed by atoms with Crippen LogP contribution >= 0.6 is 0 Å². The molecule has 0 fully saturated rings. The Kier molecular flexibility index (Phi) is 7.22. The molecule has 0 saturated heterocycles. The highest BCUT2D eigenvalue weighted by Gasteiger charge is 2.21. The molecule has 0 radical (unpaired) electrons. The van der Waals surface area contributed by atoms with Gasteiger partial charge < -0.3 is 10.6 Å². The predicted molar refractivity (Wildman–Crippen MR) is 152 cm³/mol. The quantitative estimate of drug-likeness (QED) is 0.231. The SMILES string of the molecule is Cc1ccc(NS(=O)(=O)c2cccc(F)c2)cc1Nc1ncnn2cc(C(=O)N[C@@H](C)c3ccccc3)c(C)c12. The van der Waals surface area contributed by atoms with Crippen LogP contribution in [-0.2, 0) is 10.0 Å². The van der Waals surface area contributed by atoms with Gasteiger partial charge in [0.25, 0.3) is 15.9 Å². The number of carbonyl (C=O) groups excluding carboxylic acids is 1. The van der Waals surface area contributed by atoms with Crippen LogP contribution in [0.4, 0.5) is 21.6 Å². The molecule has 1 amide bonds. The van der Waals surface area contributed by atoms with Crippen molar-refractivity contribution >= 4 is 38.6 Å². The van der Waals surface area contributed by atoms with Crippen molar-refractivity contribution in [3.63, 3.8) is 0 Å². The second kappa shape index (κ2) is 10.8. The maximum atomic E-state index is 13.6. The summed E-state index contributed by atoms with van der Waals surface area (Å²) in [7, 11) is -4.01. The summed E-state index contributed by atoms with van der Waals surface area (Å²) in [4.78, 5) is 17.4. The van der Waals surface area contributed by atoms with E-state index in [-0.39, 0.29) is 22.5 Å². The van der Waals surface area contributed by atoms with Crippen LogP contribution in [0.1, 0.15) is 40.0 Å². The van der Waals surface area contributed by atoms with Crippen LogP contribution in [0, 0.1) is 19.7 Å². The van der Waals surface area contributed by atoms with Crippen molar-refractivity contribution in [2.45, 2.75) is 31.7 Å². The molecule has 2 aromatic heterocycles. The Balaban J connectivity index is 1.42. The van der Waals surface area contributed by atoms with E-state index in [1.54, 1.807) is 28.9 Å². The average molecular weight is 559 g/mol. The molecule has 0 bridgehead atoms. The zero-order valence-electron chi connectivity index (χ0n) is 22.0. The van der Waals surface area contributed by atoms with Crippen molar-refractivity contribution in [3.05, 3.63) is 113 Å². The smallest absolute Gasteiger partial charge is 0.261 e. The maximum absolute atomic E-state index is 13.6. The summed E-state index contributed by atoms with van der Waals surface area (Å²) < 4.78 is 43.3. The van der Waals surface area contributed by atoms with Gasteiger partial charge in [-0.15, -0.1) is 0 Å². The van der Waals surface area contributed by atoms with Crippen LogP contribution < -0.4 is 15.4 Å². The Bertz CT molecular complexity index is 1820. The molecule has 0 spiro atoms. The first-order chi connectivity index (χ1) is 19.1. The first-order valence-corrected chi connectivity index (χ1v) is 14.0. The topological polar surface area (TPSA) is 117 Å². The van der Waals surface area contributed by atoms with Crippen molar-refractivity contribution < 1.29 is 17.6 Å². The number of nitrogens with zero attached hydrogens (tertiary/aromatic N) is 3. The molecule has 0 aliphatic rings. The van der Waals surface area contributed by atoms with Crippen LogP contribution in [0.15, 0.2) is 90.2 Å². The Morgan fingerprint density at radius 3 is 2.52 bits per heavy atom. The summed E-state index contributed by atoms with van der Waals surface area (Å²) in [5, 5.41) is 10.6. The molecule has 0 aliphatic carbocycles. The van der Waals surface area contributed by atoms with E-state index < -0.39 is 15.8 Å². The molecular formula is C29H27FN6O3S. The third-order valence-electron chi connectivity index (χ3n) is 6.57. The standard InChI is InChI=1S/C29H27FN6O3S/c1-18-12-13-23(35-40(38,39)24-11-7-10-22(30)14-24)15-26(18)34-28-27-19(2)25(16-36(27)32-17-31-28)29(37)33-20(3)21-8-5-4-6-9-21/h4-17,20,35H,1-3H3,(H,33,37)(H,31,32,34)/t20-/m0/s1. The zero-order valence-corrected chi connectivity index (χ0v) is 22.8. The number of rotatable bonds is 8. The molecule has 3 N–H and O–H groups in total. The Morgan fingerprint density at radius 2 is 1.77 bits per heavy atom. The molecule has 5 rings (SSSR count). The average Bonchev–Trinajstić information content (AvgIpc) is 3.28. The van der Waals surface area contributed by atoms with Crippen molar-refractivity contribution in [1.82, 2.24) is 19.9 Å². The van der Waals surface area contributed by atoms with E-state index in [1.165, 1.54) is 24.5 Å². The van der Waals surface area contributed by atoms with Gasteiger partial charge in [0.05, 0.1) is 22.2 Å². The fourth-order valence-electron chi connectivity index (χ4n) is 4.38. The second-order valence-corrected chi connectivity index (χ2v) is 11.1. The first-order valence-electron chi connectivity index (χ1n) is 12.5. The van der Waals surface area contributed by atoms with Gasteiger partial charge in [-0.2, -0.15) is 5.10 Å². The normalized spacial score (nSPS) is 12.2. The fraction of sp³-hybridized carbons (Fsp3) is 0.138. The highest BCUT2D eigenvalue weighted by Crippen LogP contribution is 2.29. The van der Waals surface area contributed by atoms with E-state index in [0.29, 0.717) is 28.1 Å². The number of nitrogens with one attached hydrogen (secondary N) is 3. The molecule has 1 atom stereocenters. The predicted octanol–water partition coefficient (Wildman–Crippen LogP) is 5.52. The van der Waals surface area contributed by atoms with Crippen molar-refractivity contribution in [1.29, 1.82) is 0 Å². The molecular weight excluding hydrogens is 531 g/mol. The Hall–Kier alpha value is -4.77. The summed E-state index contributed by atoms with van der Waals surface area (Å²) in [6.45, 7) is 5.60. The van der Waals surface area contributed by atoms with Crippen molar-refractivity contribution in [2.24, 2.45) is 0 Å². The maximum Gasteiger partial charge on any atom is 0.261 e. The largest absolute Gasteiger partial charge is 0.345 e. The summed E-state index contributed by atoms with van der Waals surface area (Å²) in [5.74, 6) is -0.446. The number of aromatic nitrogens is 3. The van der Waals surface area contributed by atoms with Crippen LogP contribution in [0.5, 0.6) is 0 Å². The highest BCUT2D eigenvalue weighted by atomic mass is 32.2. The molecule has 40 heavy (non-hydrogen) atoms. The number of amides is 1. The molecule has 5 aromatic rings. The van der Waals surface area contributed by atoms with E-state index in [0.717, 1.165) is 17.2 Å². The summed E-state index contributed by atoms with van der Waals surface area (Å²) in [6, 6.07) is 19.3. The molecule has 0 unspecified atom stereocenters. The highest BCUT2D eigenvalue weighted by molar-refractivity contribution is 7.92. The molecule has 2 heterocycles. The van der Waals surface area contributed by atoms with E-state index in [4.69, 9.17) is 0 Å². The van der Waals surface area contributed by atoms with Gasteiger partial charge in [0.2, 0.25) is 0 Å². The molecule has 204 valence electrons. The number of hydrogen-bond donors (Lipinski definition) is 3. The molecule has 0 saturated carbocycles. The van der Waals surface area contributed by atoms with Gasteiger partial charge in [-0.3, -0.25) is 9.52 Å². The lowest BCUT2D eigenvalue weighted by Gasteiger charge is -2.14. The monoisotopic (exact) mass is 558 g/mol. The van der Waals surface area contributed by atoms with Crippen LogP contribution in [0.3, 0.4) is 0 Å². The molecule has 3 aromatic carbocycles. The lowest BCUT2D eigenvalue weighted by Crippen LogP contribution is -2.26. The number of halogens is 1. The van der Waals surface area contributed by atoms with Crippen molar-refractivity contribution in [3.8, 4) is 0 Å². The van der Waals surface area contributed by atoms with E-state index in [1.807, 2.05) is 51.1 Å². The minimum atomic E-state index is -4.01. The fourth-order valence-corrected chi connectivity index (χ4v) is 5.46. The van der Waals surface area contributed by atoms with E-state index in [9.17, 15) is 17.6 Å². The number of carbonyl (C=O) groups is 1. The summed E-state index contributed by atoms with van der Waals surface area (Å²) in [5.41, 5.74) is 4.42. The zero-order chi connectivity index (χ0) is 28.4. The minimum Gasteiger partial charge on any atom is -0.345 e. The van der Waals surface area contributed by atoms with Gasteiger partial charge in [0.15, 0.2) is 5.82 Å². The van der Waals surface area contributed by atoms with Gasteiger partial charge in [-0.1, -0.05) is 42.5 Å². The first kappa shape index (κ1) is 26.8. The van der Waals surface area contributed by atoms with Gasteiger partial charge >= 0.3 is 0 Å². The Morgan fingerprint density at radius 1 is 1.00 bits per heavy atom. The van der Waals surface area contributed by atoms with Crippen LogP contribution in [0.2, 0.25) is 0 Å². The molecule has 9 nitrogen and oxygen atoms in total. The second-order valence-electron chi connectivity index (χ2n) is 9.39. The van der Waals surface area contributed by atoms with Crippen LogP contribution in [-0.4, -0.2) is 28.9 Å². The number of benzene rings is 3. The number of aryl methyl sites for hydroxylation is 2. The van der Waals surface area contributed by atoms with Gasteiger partial charge in [-0.25, -0.2) is 22.3 Å².